The Labute approximate surface area is 84.0 Å². The number of nitrogens with two attached hydrogens (primary N) is 1. The molecule has 0 amide bonds. The van der Waals surface area contributed by atoms with E-state index < -0.39 is 0 Å². The van der Waals surface area contributed by atoms with Crippen molar-refractivity contribution in [3.8, 4) is 0 Å². The fourth-order valence-corrected chi connectivity index (χ4v) is 1.86. The number of aryl methyl sites for hydroxylation is 1. The summed E-state index contributed by atoms with van der Waals surface area (Å²) in [5.74, 6) is 0. The van der Waals surface area contributed by atoms with Gasteiger partial charge in [-0.15, -0.1) is 0 Å². The maximum Gasteiger partial charge on any atom is 0.0776 e. The van der Waals surface area contributed by atoms with Crippen molar-refractivity contribution in [1.29, 1.82) is 0 Å². The van der Waals surface area contributed by atoms with E-state index in [1.807, 2.05) is 23.9 Å². The molecule has 2 unspecified atom stereocenters. The minimum atomic E-state index is 0.261. The van der Waals surface area contributed by atoms with Crippen molar-refractivity contribution >= 4 is 0 Å². The number of nitrogens with zero attached hydrogens (tertiary/aromatic N) is 2. The number of rotatable bonds is 3. The average molecular weight is 195 g/mol. The molecule has 1 aliphatic rings. The molecule has 4 heteroatoms. The van der Waals surface area contributed by atoms with Crippen LogP contribution < -0.4 is 5.73 Å². The molecule has 14 heavy (non-hydrogen) atoms. The van der Waals surface area contributed by atoms with Gasteiger partial charge in [-0.3, -0.25) is 4.68 Å². The second-order valence-electron chi connectivity index (χ2n) is 3.87. The molecular formula is C10H17N3O. The van der Waals surface area contributed by atoms with Crippen molar-refractivity contribution in [3.63, 3.8) is 0 Å². The predicted octanol–water partition coefficient (Wildman–Crippen LogP) is 0.698. The van der Waals surface area contributed by atoms with E-state index >= 15 is 0 Å². The van der Waals surface area contributed by atoms with Crippen LogP contribution in [-0.4, -0.2) is 28.5 Å². The van der Waals surface area contributed by atoms with Gasteiger partial charge in [0.05, 0.1) is 24.4 Å². The predicted molar refractivity (Wildman–Crippen MR) is 53.9 cm³/mol. The first-order valence-corrected chi connectivity index (χ1v) is 5.13. The molecule has 2 heterocycles. The van der Waals surface area contributed by atoms with Gasteiger partial charge in [-0.05, 0) is 25.8 Å². The summed E-state index contributed by atoms with van der Waals surface area (Å²) >= 11 is 0. The fraction of sp³-hybridized carbons (Fsp3) is 0.700. The lowest BCUT2D eigenvalue weighted by atomic mass is 10.2. The summed E-state index contributed by atoms with van der Waals surface area (Å²) in [6, 6.07) is 2.01. The van der Waals surface area contributed by atoms with Gasteiger partial charge in [-0.2, -0.15) is 5.10 Å². The smallest absolute Gasteiger partial charge is 0.0776 e. The second-order valence-corrected chi connectivity index (χ2v) is 3.87. The van der Waals surface area contributed by atoms with Crippen molar-refractivity contribution in [1.82, 2.24) is 9.78 Å². The number of hydrogen-bond donors (Lipinski definition) is 1. The quantitative estimate of drug-likeness (QED) is 0.772. The minimum Gasteiger partial charge on any atom is -0.372 e. The highest BCUT2D eigenvalue weighted by molar-refractivity contribution is 4.95. The van der Waals surface area contributed by atoms with Crippen molar-refractivity contribution in [2.24, 2.45) is 5.73 Å². The van der Waals surface area contributed by atoms with Gasteiger partial charge in [0.25, 0.3) is 0 Å². The third-order valence-corrected chi connectivity index (χ3v) is 2.62. The first-order valence-electron chi connectivity index (χ1n) is 5.13. The molecule has 4 nitrogen and oxygen atoms in total. The van der Waals surface area contributed by atoms with Gasteiger partial charge in [0.1, 0.15) is 0 Å². The van der Waals surface area contributed by atoms with Crippen LogP contribution in [-0.2, 0) is 11.3 Å². The molecule has 0 aromatic carbocycles. The Morgan fingerprint density at radius 2 is 2.36 bits per heavy atom. The molecule has 1 aromatic rings. The molecule has 2 rings (SSSR count). The van der Waals surface area contributed by atoms with E-state index in [0.29, 0.717) is 12.6 Å². The van der Waals surface area contributed by atoms with Crippen molar-refractivity contribution < 1.29 is 4.74 Å². The largest absolute Gasteiger partial charge is 0.372 e. The van der Waals surface area contributed by atoms with Crippen LogP contribution in [0.15, 0.2) is 12.3 Å². The zero-order valence-corrected chi connectivity index (χ0v) is 8.52. The lowest BCUT2D eigenvalue weighted by Gasteiger charge is -2.11. The standard InChI is InChI=1S/C10H17N3O/c1-8-4-5-13(12-8)7-10-3-2-9(6-11)14-10/h4-5,9-10H,2-3,6-7,11H2,1H3. The molecule has 0 spiro atoms. The summed E-state index contributed by atoms with van der Waals surface area (Å²) in [5.41, 5.74) is 6.60. The Bertz CT molecular complexity index is 297. The zero-order valence-electron chi connectivity index (χ0n) is 8.52. The fourth-order valence-electron chi connectivity index (χ4n) is 1.86. The van der Waals surface area contributed by atoms with Crippen molar-refractivity contribution in [3.05, 3.63) is 18.0 Å². The summed E-state index contributed by atoms with van der Waals surface area (Å²) in [7, 11) is 0. The van der Waals surface area contributed by atoms with Crippen LogP contribution >= 0.6 is 0 Å². The maximum atomic E-state index is 5.74. The third kappa shape index (κ3) is 2.13. The van der Waals surface area contributed by atoms with E-state index in [-0.39, 0.29) is 6.10 Å². The van der Waals surface area contributed by atoms with E-state index in [9.17, 15) is 0 Å². The summed E-state index contributed by atoms with van der Waals surface area (Å²) < 4.78 is 7.68. The number of ether oxygens (including phenoxy) is 1. The van der Waals surface area contributed by atoms with Gasteiger partial charge < -0.3 is 10.5 Å². The van der Waals surface area contributed by atoms with Gasteiger partial charge in [0.15, 0.2) is 0 Å². The Morgan fingerprint density at radius 1 is 1.57 bits per heavy atom. The summed E-state index contributed by atoms with van der Waals surface area (Å²) in [6.45, 7) is 3.48. The molecule has 1 aliphatic heterocycles. The Hall–Kier alpha value is -0.870. The summed E-state index contributed by atoms with van der Waals surface area (Å²) in [5, 5.41) is 4.33. The first-order chi connectivity index (χ1) is 6.78. The zero-order chi connectivity index (χ0) is 9.97. The summed E-state index contributed by atoms with van der Waals surface area (Å²) in [6.07, 6.45) is 4.73. The second kappa shape index (κ2) is 4.11. The number of aromatic nitrogens is 2. The Balaban J connectivity index is 1.87. The van der Waals surface area contributed by atoms with Gasteiger partial charge in [-0.25, -0.2) is 0 Å². The van der Waals surface area contributed by atoms with Crippen LogP contribution in [0.2, 0.25) is 0 Å². The van der Waals surface area contributed by atoms with E-state index in [2.05, 4.69) is 5.10 Å². The van der Waals surface area contributed by atoms with E-state index in [1.165, 1.54) is 0 Å². The van der Waals surface area contributed by atoms with Crippen molar-refractivity contribution in [2.45, 2.75) is 38.5 Å². The highest BCUT2D eigenvalue weighted by Gasteiger charge is 2.24. The molecule has 2 N–H and O–H groups in total. The van der Waals surface area contributed by atoms with E-state index in [0.717, 1.165) is 25.1 Å². The topological polar surface area (TPSA) is 53.1 Å². The van der Waals surface area contributed by atoms with Gasteiger partial charge in [-0.1, -0.05) is 0 Å². The SMILES string of the molecule is Cc1ccn(CC2CCC(CN)O2)n1. The van der Waals surface area contributed by atoms with Crippen LogP contribution in [0.3, 0.4) is 0 Å². The van der Waals surface area contributed by atoms with Gasteiger partial charge in [0.2, 0.25) is 0 Å². The minimum absolute atomic E-state index is 0.261. The third-order valence-electron chi connectivity index (χ3n) is 2.62. The monoisotopic (exact) mass is 195 g/mol. The Kier molecular flexibility index (Phi) is 2.84. The molecule has 1 saturated heterocycles. The van der Waals surface area contributed by atoms with Crippen LogP contribution in [0, 0.1) is 6.92 Å². The number of hydrogen-bond acceptors (Lipinski definition) is 3. The van der Waals surface area contributed by atoms with Gasteiger partial charge >= 0.3 is 0 Å². The van der Waals surface area contributed by atoms with E-state index in [4.69, 9.17) is 10.5 Å². The van der Waals surface area contributed by atoms with Crippen LogP contribution in [0.4, 0.5) is 0 Å². The molecule has 1 aromatic heterocycles. The molecule has 78 valence electrons. The highest BCUT2D eigenvalue weighted by Crippen LogP contribution is 2.19. The van der Waals surface area contributed by atoms with Crippen molar-refractivity contribution in [2.75, 3.05) is 6.54 Å². The average Bonchev–Trinajstić information content (AvgIpc) is 2.76. The maximum absolute atomic E-state index is 5.74. The highest BCUT2D eigenvalue weighted by atomic mass is 16.5. The molecule has 0 aliphatic carbocycles. The first kappa shape index (κ1) is 9.68. The molecule has 2 atom stereocenters. The Morgan fingerprint density at radius 3 is 2.93 bits per heavy atom. The van der Waals surface area contributed by atoms with Gasteiger partial charge in [0, 0.05) is 12.7 Å². The lowest BCUT2D eigenvalue weighted by Crippen LogP contribution is -2.23. The molecule has 0 bridgehead atoms. The molecular weight excluding hydrogens is 178 g/mol. The lowest BCUT2D eigenvalue weighted by molar-refractivity contribution is 0.0385. The summed E-state index contributed by atoms with van der Waals surface area (Å²) in [4.78, 5) is 0. The normalized spacial score (nSPS) is 27.0. The van der Waals surface area contributed by atoms with Crippen LogP contribution in [0.1, 0.15) is 18.5 Å². The molecule has 0 radical (unpaired) electrons. The molecule has 1 fully saturated rings. The van der Waals surface area contributed by atoms with E-state index in [1.54, 1.807) is 0 Å². The molecule has 0 saturated carbocycles. The van der Waals surface area contributed by atoms with Crippen LogP contribution in [0.5, 0.6) is 0 Å². The van der Waals surface area contributed by atoms with Crippen LogP contribution in [0.25, 0.3) is 0 Å².